The number of Topliss-reactive ketones (excluding diaryl/α,β-unsaturated/α-hetero) is 3. The fourth-order valence-electron chi connectivity index (χ4n) is 5.74. The second-order valence-corrected chi connectivity index (χ2v) is 9.21. The van der Waals surface area contributed by atoms with Crippen LogP contribution in [0.25, 0.3) is 5.76 Å². The van der Waals surface area contributed by atoms with Gasteiger partial charge in [0.15, 0.2) is 23.1 Å². The zero-order chi connectivity index (χ0) is 24.8. The Morgan fingerprint density at radius 2 is 1.71 bits per heavy atom. The predicted octanol–water partition coefficient (Wildman–Crippen LogP) is -1.61. The normalized spacial score (nSPS) is 37.0. The van der Waals surface area contributed by atoms with Crippen molar-refractivity contribution in [2.45, 2.75) is 30.3 Å². The third-order valence-electron chi connectivity index (χ3n) is 7.17. The number of benzene rings is 1. The Morgan fingerprint density at radius 1 is 1.12 bits per heavy atom. The molecule has 2 fully saturated rings. The van der Waals surface area contributed by atoms with Crippen LogP contribution in [-0.2, 0) is 24.8 Å². The Labute approximate surface area is 199 Å². The van der Waals surface area contributed by atoms with Crippen molar-refractivity contribution < 1.29 is 44.7 Å². The van der Waals surface area contributed by atoms with E-state index in [-0.39, 0.29) is 23.5 Å². The SMILES string of the molecule is CN(C)[C@@H]1C(=O)C(C(N)=O)C(=O)[C@@]2(O)C(=O)C3=C(O)c4c(O)cccc4[C@@](C)(O)C3C(O)C12.Cl. The van der Waals surface area contributed by atoms with Crippen LogP contribution >= 0.6 is 12.4 Å². The Hall–Kier alpha value is -2.83. The van der Waals surface area contributed by atoms with E-state index in [1.54, 1.807) is 0 Å². The number of nitrogens with two attached hydrogens (primary N) is 1. The molecule has 12 heteroatoms. The summed E-state index contributed by atoms with van der Waals surface area (Å²) in [6.07, 6.45) is -1.90. The van der Waals surface area contributed by atoms with Crippen molar-refractivity contribution in [2.75, 3.05) is 14.1 Å². The van der Waals surface area contributed by atoms with E-state index >= 15 is 0 Å². The number of amides is 1. The largest absolute Gasteiger partial charge is 0.507 e. The van der Waals surface area contributed by atoms with E-state index in [9.17, 15) is 44.7 Å². The van der Waals surface area contributed by atoms with Crippen LogP contribution in [0.2, 0.25) is 0 Å². The smallest absolute Gasteiger partial charge is 0.235 e. The summed E-state index contributed by atoms with van der Waals surface area (Å²) < 4.78 is 0. The van der Waals surface area contributed by atoms with Gasteiger partial charge in [0.05, 0.1) is 40.7 Å². The first kappa shape index (κ1) is 25.8. The minimum absolute atomic E-state index is 0. The number of hydrogen-bond donors (Lipinski definition) is 6. The number of aliphatic hydroxyl groups excluding tert-OH is 2. The van der Waals surface area contributed by atoms with E-state index in [0.29, 0.717) is 0 Å². The van der Waals surface area contributed by atoms with Crippen LogP contribution < -0.4 is 5.73 Å². The zero-order valence-corrected chi connectivity index (χ0v) is 19.2. The average molecular weight is 497 g/mol. The second kappa shape index (κ2) is 7.85. The number of phenolic OH excluding ortho intramolecular Hbond substituents is 1. The van der Waals surface area contributed by atoms with E-state index in [1.165, 1.54) is 44.1 Å². The van der Waals surface area contributed by atoms with Gasteiger partial charge in [-0.25, -0.2) is 0 Å². The summed E-state index contributed by atoms with van der Waals surface area (Å²) in [4.78, 5) is 53.1. The highest BCUT2D eigenvalue weighted by Gasteiger charge is 2.72. The number of phenols is 1. The van der Waals surface area contributed by atoms with Gasteiger partial charge < -0.3 is 31.3 Å². The molecule has 2 saturated carbocycles. The van der Waals surface area contributed by atoms with Crippen LogP contribution in [0.4, 0.5) is 0 Å². The summed E-state index contributed by atoms with van der Waals surface area (Å²) in [5, 5.41) is 55.5. The molecule has 1 amide bonds. The molecule has 0 saturated heterocycles. The molecule has 0 spiro atoms. The van der Waals surface area contributed by atoms with Crippen LogP contribution in [0.1, 0.15) is 18.1 Å². The Balaban J connectivity index is 0.00000324. The first-order valence-electron chi connectivity index (χ1n) is 10.2. The summed E-state index contributed by atoms with van der Waals surface area (Å²) in [6.45, 7) is 1.24. The quantitative estimate of drug-likeness (QED) is 0.259. The maximum Gasteiger partial charge on any atom is 0.235 e. The molecule has 0 aliphatic heterocycles. The lowest BCUT2D eigenvalue weighted by atomic mass is 9.51. The summed E-state index contributed by atoms with van der Waals surface area (Å²) in [7, 11) is 2.78. The Bertz CT molecular complexity index is 1160. The lowest BCUT2D eigenvalue weighted by Gasteiger charge is -2.55. The maximum atomic E-state index is 13.7. The van der Waals surface area contributed by atoms with Crippen molar-refractivity contribution >= 4 is 41.4 Å². The number of ketones is 3. The topological polar surface area (TPSA) is 199 Å². The minimum Gasteiger partial charge on any atom is -0.507 e. The highest BCUT2D eigenvalue weighted by atomic mass is 35.5. The lowest BCUT2D eigenvalue weighted by Crippen LogP contribution is -2.76. The molecule has 4 unspecified atom stereocenters. The number of halogens is 1. The molecule has 0 aromatic heterocycles. The number of nitrogens with zero attached hydrogens (tertiary/aromatic N) is 1. The van der Waals surface area contributed by atoms with Crippen LogP contribution in [0.5, 0.6) is 5.75 Å². The van der Waals surface area contributed by atoms with Gasteiger partial charge in [-0.05, 0) is 32.6 Å². The standard InChI is InChI=1S/C22H24N2O9.ClH/c1-21(32)7-5-4-6-8(25)9(7)15(26)10-12(21)17(28)13-14(24(2)3)16(27)11(20(23)31)19(30)22(13,33)18(10)29;/h4-6,11-14,17,25-26,28,32-33H,1-3H3,(H2,23,31);1H/t11?,12?,13?,14-,17?,21+,22-;/m0./s1. The molecule has 0 bridgehead atoms. The highest BCUT2D eigenvalue weighted by molar-refractivity contribution is 6.32. The summed E-state index contributed by atoms with van der Waals surface area (Å²) >= 11 is 0. The molecule has 0 radical (unpaired) electrons. The number of primary amides is 1. The highest BCUT2D eigenvalue weighted by Crippen LogP contribution is 2.56. The number of aromatic hydroxyl groups is 1. The average Bonchev–Trinajstić information content (AvgIpc) is 2.70. The van der Waals surface area contributed by atoms with Gasteiger partial charge >= 0.3 is 0 Å². The summed E-state index contributed by atoms with van der Waals surface area (Å²) in [6, 6.07) is 2.48. The van der Waals surface area contributed by atoms with Crippen molar-refractivity contribution in [3.8, 4) is 5.75 Å². The first-order chi connectivity index (χ1) is 15.2. The zero-order valence-electron chi connectivity index (χ0n) is 18.4. The Kier molecular flexibility index (Phi) is 5.96. The van der Waals surface area contributed by atoms with Crippen molar-refractivity contribution in [2.24, 2.45) is 23.5 Å². The molecule has 0 heterocycles. The minimum atomic E-state index is -3.10. The summed E-state index contributed by atoms with van der Waals surface area (Å²) in [5.74, 6) is -12.1. The molecule has 34 heavy (non-hydrogen) atoms. The van der Waals surface area contributed by atoms with Gasteiger partial charge in [0.1, 0.15) is 11.5 Å². The number of rotatable bonds is 2. The van der Waals surface area contributed by atoms with Crippen LogP contribution in [0.15, 0.2) is 23.8 Å². The van der Waals surface area contributed by atoms with Crippen molar-refractivity contribution in [1.29, 1.82) is 0 Å². The fourth-order valence-corrected chi connectivity index (χ4v) is 5.74. The molecule has 11 nitrogen and oxygen atoms in total. The fraction of sp³-hybridized carbons (Fsp3) is 0.455. The predicted molar refractivity (Wildman–Crippen MR) is 118 cm³/mol. The van der Waals surface area contributed by atoms with Crippen molar-refractivity contribution in [1.82, 2.24) is 4.90 Å². The van der Waals surface area contributed by atoms with Crippen LogP contribution in [-0.4, -0.2) is 85.5 Å². The third kappa shape index (κ3) is 2.91. The van der Waals surface area contributed by atoms with Crippen molar-refractivity contribution in [3.05, 3.63) is 34.9 Å². The molecule has 4 rings (SSSR count). The summed E-state index contributed by atoms with van der Waals surface area (Å²) in [5.41, 5.74) is -0.914. The number of carbonyl (C=O) groups is 4. The van der Waals surface area contributed by atoms with E-state index in [1.807, 2.05) is 0 Å². The number of carbonyl (C=O) groups excluding carboxylic acids is 4. The van der Waals surface area contributed by atoms with E-state index in [2.05, 4.69) is 0 Å². The molecule has 3 aliphatic rings. The van der Waals surface area contributed by atoms with Gasteiger partial charge in [0, 0.05) is 0 Å². The molecular formula is C22H25ClN2O9. The third-order valence-corrected chi connectivity index (χ3v) is 7.17. The molecule has 1 aromatic carbocycles. The monoisotopic (exact) mass is 496 g/mol. The number of likely N-dealkylation sites (N-methyl/N-ethyl adjacent to an activating group) is 1. The molecule has 7 N–H and O–H groups in total. The van der Waals surface area contributed by atoms with Gasteiger partial charge in [0.25, 0.3) is 0 Å². The van der Waals surface area contributed by atoms with Gasteiger partial charge in [-0.2, -0.15) is 0 Å². The van der Waals surface area contributed by atoms with E-state index in [0.717, 1.165) is 0 Å². The first-order valence-corrected chi connectivity index (χ1v) is 10.2. The second-order valence-electron chi connectivity index (χ2n) is 9.21. The van der Waals surface area contributed by atoms with Gasteiger partial charge in [-0.1, -0.05) is 12.1 Å². The molecule has 3 aliphatic carbocycles. The molecule has 184 valence electrons. The maximum absolute atomic E-state index is 13.7. The van der Waals surface area contributed by atoms with Gasteiger partial charge in [-0.15, -0.1) is 12.4 Å². The number of aliphatic hydroxyl groups is 4. The van der Waals surface area contributed by atoms with Gasteiger partial charge in [0.2, 0.25) is 11.7 Å². The molecular weight excluding hydrogens is 472 g/mol. The van der Waals surface area contributed by atoms with Crippen LogP contribution in [0.3, 0.4) is 0 Å². The van der Waals surface area contributed by atoms with Crippen molar-refractivity contribution in [3.63, 3.8) is 0 Å². The lowest BCUT2D eigenvalue weighted by molar-refractivity contribution is -0.195. The van der Waals surface area contributed by atoms with Gasteiger partial charge in [-0.3, -0.25) is 24.1 Å². The van der Waals surface area contributed by atoms with Crippen LogP contribution in [0, 0.1) is 17.8 Å². The molecule has 1 aromatic rings. The van der Waals surface area contributed by atoms with E-state index < -0.39 is 81.4 Å². The molecule has 7 atom stereocenters. The Morgan fingerprint density at radius 3 is 2.24 bits per heavy atom. The number of hydrogen-bond acceptors (Lipinski definition) is 10. The number of fused-ring (bicyclic) bond motifs is 3. The van der Waals surface area contributed by atoms with E-state index in [4.69, 9.17) is 5.73 Å².